The highest BCUT2D eigenvalue weighted by Gasteiger charge is 2.24. The lowest BCUT2D eigenvalue weighted by atomic mass is 10.2. The molecule has 2 aromatic rings. The van der Waals surface area contributed by atoms with Crippen molar-refractivity contribution >= 4 is 34.9 Å². The molecule has 0 bridgehead atoms. The first-order valence-electron chi connectivity index (χ1n) is 7.94. The predicted octanol–water partition coefficient (Wildman–Crippen LogP) is 2.18. The van der Waals surface area contributed by atoms with E-state index in [0.717, 1.165) is 5.69 Å². The van der Waals surface area contributed by atoms with Gasteiger partial charge < -0.3 is 15.1 Å². The number of nitrogens with one attached hydrogen (secondary N) is 1. The van der Waals surface area contributed by atoms with E-state index in [1.807, 2.05) is 12.1 Å². The number of benzene rings is 1. The van der Waals surface area contributed by atoms with Crippen LogP contribution >= 0.6 is 11.6 Å². The van der Waals surface area contributed by atoms with E-state index < -0.39 is 0 Å². The number of halogens is 1. The molecule has 7 nitrogen and oxygen atoms in total. The van der Waals surface area contributed by atoms with E-state index in [-0.39, 0.29) is 17.5 Å². The van der Waals surface area contributed by atoms with Crippen LogP contribution in [0.5, 0.6) is 0 Å². The van der Waals surface area contributed by atoms with Gasteiger partial charge in [-0.1, -0.05) is 11.6 Å². The van der Waals surface area contributed by atoms with E-state index in [0.29, 0.717) is 37.0 Å². The number of carbonyl (C=O) groups is 2. The van der Waals surface area contributed by atoms with Gasteiger partial charge in [0.1, 0.15) is 0 Å². The maximum absolute atomic E-state index is 12.5. The van der Waals surface area contributed by atoms with Crippen molar-refractivity contribution in [1.29, 1.82) is 0 Å². The van der Waals surface area contributed by atoms with Gasteiger partial charge in [0.25, 0.3) is 5.91 Å². The second-order valence-corrected chi connectivity index (χ2v) is 6.17. The van der Waals surface area contributed by atoms with Crippen LogP contribution in [0.2, 0.25) is 5.02 Å². The molecule has 130 valence electrons. The molecule has 25 heavy (non-hydrogen) atoms. The highest BCUT2D eigenvalue weighted by atomic mass is 35.5. The standard InChI is InChI=1S/C17H18ClN5O2/c1-12(24)22-8-10-23(11-9-22)17(25)15-6-7-16(21-20-15)19-14-4-2-13(18)3-5-14/h2-7H,8-11H2,1H3,(H,19,21). The number of rotatable bonds is 3. The van der Waals surface area contributed by atoms with Crippen LogP contribution in [0.25, 0.3) is 0 Å². The molecule has 0 atom stereocenters. The Bertz CT molecular complexity index is 756. The number of amides is 2. The average Bonchev–Trinajstić information content (AvgIpc) is 2.64. The molecule has 1 N–H and O–H groups in total. The molecule has 1 fully saturated rings. The Morgan fingerprint density at radius 1 is 0.960 bits per heavy atom. The van der Waals surface area contributed by atoms with Gasteiger partial charge in [0.2, 0.25) is 5.91 Å². The third-order valence-electron chi connectivity index (χ3n) is 4.01. The topological polar surface area (TPSA) is 78.4 Å². The third-order valence-corrected chi connectivity index (χ3v) is 4.26. The molecular formula is C17H18ClN5O2. The Kier molecular flexibility index (Phi) is 5.14. The fraction of sp³-hybridized carbons (Fsp3) is 0.294. The monoisotopic (exact) mass is 359 g/mol. The van der Waals surface area contributed by atoms with Gasteiger partial charge in [0.05, 0.1) is 0 Å². The average molecular weight is 360 g/mol. The minimum atomic E-state index is -0.172. The normalized spacial score (nSPS) is 14.3. The van der Waals surface area contributed by atoms with Gasteiger partial charge in [0, 0.05) is 43.8 Å². The van der Waals surface area contributed by atoms with Crippen molar-refractivity contribution in [2.24, 2.45) is 0 Å². The molecule has 2 heterocycles. The molecule has 1 aliphatic heterocycles. The smallest absolute Gasteiger partial charge is 0.274 e. The highest BCUT2D eigenvalue weighted by molar-refractivity contribution is 6.30. The summed E-state index contributed by atoms with van der Waals surface area (Å²) in [6.45, 7) is 3.64. The lowest BCUT2D eigenvalue weighted by molar-refractivity contribution is -0.130. The van der Waals surface area contributed by atoms with Crippen LogP contribution in [0.15, 0.2) is 36.4 Å². The quantitative estimate of drug-likeness (QED) is 0.908. The summed E-state index contributed by atoms with van der Waals surface area (Å²) in [5, 5.41) is 11.8. The number of anilines is 2. The molecular weight excluding hydrogens is 342 g/mol. The van der Waals surface area contributed by atoms with E-state index in [1.54, 1.807) is 34.1 Å². The molecule has 1 saturated heterocycles. The molecule has 2 amide bonds. The maximum Gasteiger partial charge on any atom is 0.274 e. The van der Waals surface area contributed by atoms with E-state index >= 15 is 0 Å². The van der Waals surface area contributed by atoms with Gasteiger partial charge in [-0.05, 0) is 36.4 Å². The van der Waals surface area contributed by atoms with E-state index in [9.17, 15) is 9.59 Å². The van der Waals surface area contributed by atoms with E-state index in [1.165, 1.54) is 6.92 Å². The molecule has 8 heteroatoms. The third kappa shape index (κ3) is 4.24. The van der Waals surface area contributed by atoms with Crippen LogP contribution in [0, 0.1) is 0 Å². The summed E-state index contributed by atoms with van der Waals surface area (Å²) in [5.41, 5.74) is 1.12. The van der Waals surface area contributed by atoms with Crippen LogP contribution < -0.4 is 5.32 Å². The first-order chi connectivity index (χ1) is 12.0. The summed E-state index contributed by atoms with van der Waals surface area (Å²) < 4.78 is 0. The molecule has 3 rings (SSSR count). The summed E-state index contributed by atoms with van der Waals surface area (Å²) in [4.78, 5) is 27.2. The summed E-state index contributed by atoms with van der Waals surface area (Å²) in [5.74, 6) is 0.401. The number of piperazine rings is 1. The molecule has 0 aliphatic carbocycles. The van der Waals surface area contributed by atoms with Crippen molar-refractivity contribution in [3.63, 3.8) is 0 Å². The van der Waals surface area contributed by atoms with Crippen LogP contribution in [0.4, 0.5) is 11.5 Å². The van der Waals surface area contributed by atoms with Crippen molar-refractivity contribution < 1.29 is 9.59 Å². The Morgan fingerprint density at radius 2 is 1.60 bits per heavy atom. The molecule has 0 saturated carbocycles. The van der Waals surface area contributed by atoms with Gasteiger partial charge in [-0.15, -0.1) is 10.2 Å². The molecule has 0 spiro atoms. The number of carbonyl (C=O) groups excluding carboxylic acids is 2. The van der Waals surface area contributed by atoms with Crippen molar-refractivity contribution in [2.45, 2.75) is 6.92 Å². The molecule has 1 aliphatic rings. The van der Waals surface area contributed by atoms with Crippen LogP contribution in [0.3, 0.4) is 0 Å². The Labute approximate surface area is 150 Å². The Morgan fingerprint density at radius 3 is 2.16 bits per heavy atom. The number of aromatic nitrogens is 2. The lowest BCUT2D eigenvalue weighted by Crippen LogP contribution is -2.50. The zero-order valence-corrected chi connectivity index (χ0v) is 14.5. The largest absolute Gasteiger partial charge is 0.339 e. The van der Waals surface area contributed by atoms with Gasteiger partial charge in [-0.25, -0.2) is 0 Å². The lowest BCUT2D eigenvalue weighted by Gasteiger charge is -2.33. The fourth-order valence-electron chi connectivity index (χ4n) is 2.58. The van der Waals surface area contributed by atoms with Crippen LogP contribution in [-0.2, 0) is 4.79 Å². The number of nitrogens with zero attached hydrogens (tertiary/aromatic N) is 4. The summed E-state index contributed by atoms with van der Waals surface area (Å²) in [6, 6.07) is 10.6. The fourth-order valence-corrected chi connectivity index (χ4v) is 2.71. The minimum absolute atomic E-state index is 0.0320. The maximum atomic E-state index is 12.5. The second-order valence-electron chi connectivity index (χ2n) is 5.73. The molecule has 1 aromatic heterocycles. The number of hydrogen-bond acceptors (Lipinski definition) is 5. The SMILES string of the molecule is CC(=O)N1CCN(C(=O)c2ccc(Nc3ccc(Cl)cc3)nn2)CC1. The van der Waals surface area contributed by atoms with E-state index in [2.05, 4.69) is 15.5 Å². The van der Waals surface area contributed by atoms with Gasteiger partial charge in [-0.2, -0.15) is 0 Å². The van der Waals surface area contributed by atoms with Gasteiger partial charge in [0.15, 0.2) is 11.5 Å². The van der Waals surface area contributed by atoms with Gasteiger partial charge in [-0.3, -0.25) is 9.59 Å². The molecule has 0 radical (unpaired) electrons. The first-order valence-corrected chi connectivity index (χ1v) is 8.32. The van der Waals surface area contributed by atoms with Crippen molar-refractivity contribution in [3.8, 4) is 0 Å². The van der Waals surface area contributed by atoms with Crippen molar-refractivity contribution in [1.82, 2.24) is 20.0 Å². The Balaban J connectivity index is 1.61. The van der Waals surface area contributed by atoms with Crippen LogP contribution in [0.1, 0.15) is 17.4 Å². The Hall–Kier alpha value is -2.67. The van der Waals surface area contributed by atoms with Crippen LogP contribution in [-0.4, -0.2) is 58.0 Å². The predicted molar refractivity (Wildman–Crippen MR) is 94.9 cm³/mol. The van der Waals surface area contributed by atoms with Gasteiger partial charge >= 0.3 is 0 Å². The summed E-state index contributed by atoms with van der Waals surface area (Å²) >= 11 is 5.85. The van der Waals surface area contributed by atoms with Crippen molar-refractivity contribution in [3.05, 3.63) is 47.1 Å². The second kappa shape index (κ2) is 7.48. The zero-order chi connectivity index (χ0) is 17.8. The van der Waals surface area contributed by atoms with E-state index in [4.69, 9.17) is 11.6 Å². The highest BCUT2D eigenvalue weighted by Crippen LogP contribution is 2.17. The van der Waals surface area contributed by atoms with Crippen molar-refractivity contribution in [2.75, 3.05) is 31.5 Å². The molecule has 0 unspecified atom stereocenters. The summed E-state index contributed by atoms with van der Waals surface area (Å²) in [6.07, 6.45) is 0. The molecule has 1 aromatic carbocycles. The number of hydrogen-bond donors (Lipinski definition) is 1. The minimum Gasteiger partial charge on any atom is -0.339 e. The first kappa shape index (κ1) is 17.2. The summed E-state index contributed by atoms with van der Waals surface area (Å²) in [7, 11) is 0. The zero-order valence-electron chi connectivity index (χ0n) is 13.8.